The molecule has 2 aliphatic heterocycles. The van der Waals surface area contributed by atoms with E-state index in [0.29, 0.717) is 13.2 Å². The molecule has 2 fully saturated rings. The number of ether oxygens (including phenoxy) is 1. The van der Waals surface area contributed by atoms with Crippen LogP contribution in [0.2, 0.25) is 0 Å². The van der Waals surface area contributed by atoms with Crippen molar-refractivity contribution in [2.75, 3.05) is 65.5 Å². The summed E-state index contributed by atoms with van der Waals surface area (Å²) < 4.78 is 4.99. The molecule has 2 saturated heterocycles. The summed E-state index contributed by atoms with van der Waals surface area (Å²) in [6.45, 7) is 10.9. The Morgan fingerprint density at radius 1 is 1.00 bits per heavy atom. The van der Waals surface area contributed by atoms with Gasteiger partial charge in [0.05, 0.1) is 19.3 Å². The highest BCUT2D eigenvalue weighted by Crippen LogP contribution is 2.10. The van der Waals surface area contributed by atoms with Gasteiger partial charge in [0.15, 0.2) is 0 Å². The zero-order chi connectivity index (χ0) is 15.1. The quantitative estimate of drug-likeness (QED) is 0.675. The zero-order valence-electron chi connectivity index (χ0n) is 13.2. The standard InChI is InChI=1S/C15H29N3O3/c1-2-21-15(20)13-18-11-9-17(10-12-18)8-7-16-5-3-14(19)4-6-16/h14,19H,2-13H2,1H3. The third kappa shape index (κ3) is 5.90. The first kappa shape index (κ1) is 16.7. The first-order valence-corrected chi connectivity index (χ1v) is 8.18. The molecule has 0 aromatic carbocycles. The van der Waals surface area contributed by atoms with E-state index in [4.69, 9.17) is 4.74 Å². The van der Waals surface area contributed by atoms with Crippen LogP contribution in [0.4, 0.5) is 0 Å². The third-order valence-corrected chi connectivity index (χ3v) is 4.41. The predicted molar refractivity (Wildman–Crippen MR) is 81.2 cm³/mol. The second-order valence-corrected chi connectivity index (χ2v) is 6.00. The van der Waals surface area contributed by atoms with Crippen LogP contribution in [-0.4, -0.2) is 97.4 Å². The number of aliphatic hydroxyl groups excluding tert-OH is 1. The summed E-state index contributed by atoms with van der Waals surface area (Å²) in [5.41, 5.74) is 0. The minimum Gasteiger partial charge on any atom is -0.465 e. The van der Waals surface area contributed by atoms with Gasteiger partial charge >= 0.3 is 5.97 Å². The molecule has 0 unspecified atom stereocenters. The summed E-state index contributed by atoms with van der Waals surface area (Å²) in [6, 6.07) is 0. The highest BCUT2D eigenvalue weighted by Gasteiger charge is 2.21. The van der Waals surface area contributed by atoms with E-state index >= 15 is 0 Å². The fourth-order valence-corrected chi connectivity index (χ4v) is 2.99. The molecule has 6 heteroatoms. The van der Waals surface area contributed by atoms with Crippen molar-refractivity contribution < 1.29 is 14.6 Å². The molecule has 0 aromatic heterocycles. The molecule has 122 valence electrons. The van der Waals surface area contributed by atoms with Gasteiger partial charge in [-0.15, -0.1) is 0 Å². The van der Waals surface area contributed by atoms with Gasteiger partial charge < -0.3 is 14.7 Å². The number of piperidine rings is 1. The third-order valence-electron chi connectivity index (χ3n) is 4.41. The molecule has 2 heterocycles. The Kier molecular flexibility index (Phi) is 6.89. The fraction of sp³-hybridized carbons (Fsp3) is 0.933. The number of aliphatic hydroxyl groups is 1. The Hall–Kier alpha value is -0.690. The average molecular weight is 299 g/mol. The Morgan fingerprint density at radius 2 is 1.52 bits per heavy atom. The van der Waals surface area contributed by atoms with Crippen molar-refractivity contribution in [2.45, 2.75) is 25.9 Å². The number of hydrogen-bond donors (Lipinski definition) is 1. The number of nitrogens with zero attached hydrogens (tertiary/aromatic N) is 3. The van der Waals surface area contributed by atoms with Gasteiger partial charge in [0.1, 0.15) is 0 Å². The molecular weight excluding hydrogens is 270 g/mol. The van der Waals surface area contributed by atoms with Crippen LogP contribution < -0.4 is 0 Å². The van der Waals surface area contributed by atoms with Gasteiger partial charge in [-0.25, -0.2) is 0 Å². The minimum atomic E-state index is -0.113. The lowest BCUT2D eigenvalue weighted by Crippen LogP contribution is -2.50. The van der Waals surface area contributed by atoms with Crippen molar-refractivity contribution >= 4 is 5.97 Å². The molecule has 2 aliphatic rings. The average Bonchev–Trinajstić information content (AvgIpc) is 2.48. The summed E-state index contributed by atoms with van der Waals surface area (Å²) in [5.74, 6) is -0.113. The first-order valence-electron chi connectivity index (χ1n) is 8.18. The van der Waals surface area contributed by atoms with Crippen LogP contribution in [0.1, 0.15) is 19.8 Å². The molecule has 0 aromatic rings. The lowest BCUT2D eigenvalue weighted by molar-refractivity contribution is -0.144. The molecule has 0 spiro atoms. The molecule has 0 saturated carbocycles. The first-order chi connectivity index (χ1) is 10.2. The van der Waals surface area contributed by atoms with Gasteiger partial charge in [0, 0.05) is 52.4 Å². The van der Waals surface area contributed by atoms with Crippen molar-refractivity contribution in [3.63, 3.8) is 0 Å². The Labute approximate surface area is 127 Å². The van der Waals surface area contributed by atoms with Gasteiger partial charge in [-0.1, -0.05) is 0 Å². The lowest BCUT2D eigenvalue weighted by Gasteiger charge is -2.36. The van der Waals surface area contributed by atoms with Crippen molar-refractivity contribution in [3.05, 3.63) is 0 Å². The Morgan fingerprint density at radius 3 is 2.10 bits per heavy atom. The van der Waals surface area contributed by atoms with E-state index in [1.165, 1.54) is 0 Å². The smallest absolute Gasteiger partial charge is 0.320 e. The highest BCUT2D eigenvalue weighted by atomic mass is 16.5. The molecule has 0 amide bonds. The van der Waals surface area contributed by atoms with Crippen LogP contribution in [0, 0.1) is 0 Å². The highest BCUT2D eigenvalue weighted by molar-refractivity contribution is 5.71. The molecular formula is C15H29N3O3. The summed E-state index contributed by atoms with van der Waals surface area (Å²) in [6.07, 6.45) is 1.73. The molecule has 2 rings (SSSR count). The monoisotopic (exact) mass is 299 g/mol. The molecule has 0 radical (unpaired) electrons. The van der Waals surface area contributed by atoms with E-state index in [0.717, 1.165) is 65.2 Å². The number of likely N-dealkylation sites (tertiary alicyclic amines) is 1. The van der Waals surface area contributed by atoms with Crippen molar-refractivity contribution in [1.82, 2.24) is 14.7 Å². The van der Waals surface area contributed by atoms with Gasteiger partial charge in [0.2, 0.25) is 0 Å². The van der Waals surface area contributed by atoms with Gasteiger partial charge in [0.25, 0.3) is 0 Å². The van der Waals surface area contributed by atoms with Gasteiger partial charge in [-0.05, 0) is 19.8 Å². The maximum atomic E-state index is 11.4. The van der Waals surface area contributed by atoms with E-state index in [2.05, 4.69) is 14.7 Å². The van der Waals surface area contributed by atoms with E-state index in [1.807, 2.05) is 6.92 Å². The minimum absolute atomic E-state index is 0.0901. The second kappa shape index (κ2) is 8.68. The largest absolute Gasteiger partial charge is 0.465 e. The normalized spacial score (nSPS) is 23.3. The maximum absolute atomic E-state index is 11.4. The number of esters is 1. The van der Waals surface area contributed by atoms with Gasteiger partial charge in [-0.3, -0.25) is 14.6 Å². The Bertz CT molecular complexity index is 311. The van der Waals surface area contributed by atoms with Crippen LogP contribution in [-0.2, 0) is 9.53 Å². The SMILES string of the molecule is CCOC(=O)CN1CCN(CCN2CCC(O)CC2)CC1. The number of piperazine rings is 1. The summed E-state index contributed by atoms with van der Waals surface area (Å²) in [5, 5.41) is 9.50. The van der Waals surface area contributed by atoms with Crippen LogP contribution in [0.3, 0.4) is 0 Å². The number of carbonyl (C=O) groups excluding carboxylic acids is 1. The summed E-state index contributed by atoms with van der Waals surface area (Å²) in [7, 11) is 0. The van der Waals surface area contributed by atoms with E-state index < -0.39 is 0 Å². The van der Waals surface area contributed by atoms with Crippen LogP contribution >= 0.6 is 0 Å². The van der Waals surface area contributed by atoms with Crippen LogP contribution in [0.25, 0.3) is 0 Å². The van der Waals surface area contributed by atoms with Crippen molar-refractivity contribution in [1.29, 1.82) is 0 Å². The Balaban J connectivity index is 1.57. The van der Waals surface area contributed by atoms with Crippen molar-refractivity contribution in [3.8, 4) is 0 Å². The lowest BCUT2D eigenvalue weighted by atomic mass is 10.1. The number of hydrogen-bond acceptors (Lipinski definition) is 6. The summed E-state index contributed by atoms with van der Waals surface area (Å²) in [4.78, 5) is 18.5. The van der Waals surface area contributed by atoms with E-state index in [1.54, 1.807) is 0 Å². The predicted octanol–water partition coefficient (Wildman–Crippen LogP) is -0.376. The van der Waals surface area contributed by atoms with Gasteiger partial charge in [-0.2, -0.15) is 0 Å². The zero-order valence-corrected chi connectivity index (χ0v) is 13.2. The van der Waals surface area contributed by atoms with Crippen LogP contribution in [0.5, 0.6) is 0 Å². The van der Waals surface area contributed by atoms with E-state index in [9.17, 15) is 9.90 Å². The molecule has 6 nitrogen and oxygen atoms in total. The van der Waals surface area contributed by atoms with E-state index in [-0.39, 0.29) is 12.1 Å². The van der Waals surface area contributed by atoms with Crippen molar-refractivity contribution in [2.24, 2.45) is 0 Å². The molecule has 0 bridgehead atoms. The molecule has 21 heavy (non-hydrogen) atoms. The maximum Gasteiger partial charge on any atom is 0.320 e. The number of rotatable bonds is 6. The second-order valence-electron chi connectivity index (χ2n) is 6.00. The number of carbonyl (C=O) groups is 1. The van der Waals surface area contributed by atoms with Crippen LogP contribution in [0.15, 0.2) is 0 Å². The molecule has 0 atom stereocenters. The topological polar surface area (TPSA) is 56.2 Å². The molecule has 0 aliphatic carbocycles. The fourth-order valence-electron chi connectivity index (χ4n) is 2.99. The summed E-state index contributed by atoms with van der Waals surface area (Å²) >= 11 is 0. The molecule has 1 N–H and O–H groups in total.